The lowest BCUT2D eigenvalue weighted by molar-refractivity contribution is -0.0498. The minimum absolute atomic E-state index is 0.0000789. The average Bonchev–Trinajstić information content (AvgIpc) is 3.35. The number of carbonyl (C=O) groups excluding carboxylic acids is 1. The second-order valence-corrected chi connectivity index (χ2v) is 11.6. The second-order valence-electron chi connectivity index (χ2n) is 9.30. The normalized spacial score (nSPS) is 19.8. The molecule has 2 aromatic carbocycles. The monoisotopic (exact) mass is 531 g/mol. The number of aromatic nitrogens is 2. The molecule has 1 atom stereocenters. The molecular weight excluding hydrogens is 507 g/mol. The topological polar surface area (TPSA) is 96.6 Å². The molecule has 0 bridgehead atoms. The van der Waals surface area contributed by atoms with Gasteiger partial charge in [-0.2, -0.15) is 19.4 Å². The van der Waals surface area contributed by atoms with Gasteiger partial charge in [-0.25, -0.2) is 9.37 Å². The number of alkyl halides is 2. The Morgan fingerprint density at radius 1 is 1.19 bits per heavy atom. The molecule has 0 saturated carbocycles. The number of hydrogen-bond donors (Lipinski definition) is 3. The third-order valence-corrected chi connectivity index (χ3v) is 8.30. The summed E-state index contributed by atoms with van der Waals surface area (Å²) in [6.45, 7) is -1.19. The van der Waals surface area contributed by atoms with Crippen LogP contribution in [0.2, 0.25) is 0 Å². The Kier molecular flexibility index (Phi) is 6.38. The van der Waals surface area contributed by atoms with E-state index in [9.17, 15) is 27.1 Å². The van der Waals surface area contributed by atoms with Crippen LogP contribution in [-0.2, 0) is 0 Å². The number of carbonyl (C=O) groups is 1. The average molecular weight is 532 g/mol. The van der Waals surface area contributed by atoms with Crippen molar-refractivity contribution in [2.45, 2.75) is 25.5 Å². The molecule has 194 valence electrons. The molecule has 0 radical (unpaired) electrons. The van der Waals surface area contributed by atoms with Crippen LogP contribution in [0.15, 0.2) is 67.0 Å². The van der Waals surface area contributed by atoms with E-state index < -0.39 is 28.6 Å². The molecule has 4 aromatic rings. The Morgan fingerprint density at radius 3 is 2.68 bits per heavy atom. The molecule has 1 aliphatic rings. The van der Waals surface area contributed by atoms with E-state index in [4.69, 9.17) is 0 Å². The van der Waals surface area contributed by atoms with Crippen molar-refractivity contribution < 1.29 is 31.8 Å². The summed E-state index contributed by atoms with van der Waals surface area (Å²) in [5.41, 5.74) is 1.44. The SMILES string of the molecule is CC1(NC(=O)c2ccc3c(-c4cccc(OC(F)F)c4)cn(-c4ccc(F)cn4)c3c2)CCS(O)(O)C1. The summed E-state index contributed by atoms with van der Waals surface area (Å²) in [6.07, 6.45) is 3.26. The third-order valence-electron chi connectivity index (χ3n) is 6.34. The fraction of sp³-hybridized carbons (Fsp3) is 0.231. The highest BCUT2D eigenvalue weighted by Gasteiger charge is 2.39. The van der Waals surface area contributed by atoms with Crippen LogP contribution in [0, 0.1) is 5.82 Å². The quantitative estimate of drug-likeness (QED) is 0.280. The van der Waals surface area contributed by atoms with Gasteiger partial charge in [0.25, 0.3) is 5.91 Å². The van der Waals surface area contributed by atoms with Crippen molar-refractivity contribution in [2.24, 2.45) is 0 Å². The Morgan fingerprint density at radius 2 is 2.00 bits per heavy atom. The van der Waals surface area contributed by atoms with Crippen LogP contribution in [-0.4, -0.2) is 48.2 Å². The molecule has 3 heterocycles. The van der Waals surface area contributed by atoms with Crippen LogP contribution in [0.5, 0.6) is 5.75 Å². The summed E-state index contributed by atoms with van der Waals surface area (Å²) in [7, 11) is -2.72. The first-order valence-electron chi connectivity index (χ1n) is 11.4. The number of hydrogen-bond acceptors (Lipinski definition) is 5. The summed E-state index contributed by atoms with van der Waals surface area (Å²) in [5.74, 6) is -0.166. The van der Waals surface area contributed by atoms with Crippen LogP contribution < -0.4 is 10.1 Å². The van der Waals surface area contributed by atoms with Crippen molar-refractivity contribution >= 4 is 27.4 Å². The van der Waals surface area contributed by atoms with Gasteiger partial charge in [-0.15, -0.1) is 0 Å². The minimum atomic E-state index is -2.97. The molecule has 11 heteroatoms. The van der Waals surface area contributed by atoms with Gasteiger partial charge in [-0.1, -0.05) is 18.2 Å². The van der Waals surface area contributed by atoms with Gasteiger partial charge in [0.1, 0.15) is 17.4 Å². The number of nitrogens with one attached hydrogen (secondary N) is 1. The van der Waals surface area contributed by atoms with Crippen LogP contribution >= 0.6 is 10.6 Å². The van der Waals surface area contributed by atoms with Crippen LogP contribution in [0.25, 0.3) is 27.8 Å². The summed E-state index contributed by atoms with van der Waals surface area (Å²) in [4.78, 5) is 17.3. The fourth-order valence-corrected chi connectivity index (χ4v) is 6.78. The second kappa shape index (κ2) is 9.40. The number of pyridine rings is 1. The lowest BCUT2D eigenvalue weighted by Gasteiger charge is -2.30. The number of nitrogens with zero attached hydrogens (tertiary/aromatic N) is 2. The predicted octanol–water partition coefficient (Wildman–Crippen LogP) is 6.08. The number of rotatable bonds is 6. The van der Waals surface area contributed by atoms with Gasteiger partial charge in [-0.05, 0) is 55.3 Å². The highest BCUT2D eigenvalue weighted by molar-refractivity contribution is 8.24. The lowest BCUT2D eigenvalue weighted by Crippen LogP contribution is -2.46. The number of amides is 1. The van der Waals surface area contributed by atoms with Gasteiger partial charge >= 0.3 is 6.61 Å². The van der Waals surface area contributed by atoms with Gasteiger partial charge in [-0.3, -0.25) is 13.9 Å². The first kappa shape index (κ1) is 25.1. The van der Waals surface area contributed by atoms with Gasteiger partial charge in [0.2, 0.25) is 0 Å². The van der Waals surface area contributed by atoms with E-state index in [-0.39, 0.29) is 23.2 Å². The number of fused-ring (bicyclic) bond motifs is 1. The van der Waals surface area contributed by atoms with Crippen molar-refractivity contribution in [3.8, 4) is 22.7 Å². The summed E-state index contributed by atoms with van der Waals surface area (Å²) in [6, 6.07) is 14.1. The number of halogens is 3. The molecule has 2 aromatic heterocycles. The Hall–Kier alpha value is -3.54. The van der Waals surface area contributed by atoms with Crippen LogP contribution in [0.1, 0.15) is 23.7 Å². The molecule has 3 N–H and O–H groups in total. The fourth-order valence-electron chi connectivity index (χ4n) is 4.63. The minimum Gasteiger partial charge on any atom is -0.435 e. The largest absolute Gasteiger partial charge is 0.435 e. The maximum atomic E-state index is 13.6. The third kappa shape index (κ3) is 5.29. The van der Waals surface area contributed by atoms with Crippen molar-refractivity contribution in [3.63, 3.8) is 0 Å². The highest BCUT2D eigenvalue weighted by Crippen LogP contribution is 2.50. The molecule has 1 amide bonds. The lowest BCUT2D eigenvalue weighted by atomic mass is 10.0. The Balaban J connectivity index is 1.58. The molecule has 0 aliphatic carbocycles. The smallest absolute Gasteiger partial charge is 0.387 e. The summed E-state index contributed by atoms with van der Waals surface area (Å²) >= 11 is 0. The molecule has 7 nitrogen and oxygen atoms in total. The van der Waals surface area contributed by atoms with Gasteiger partial charge in [0.15, 0.2) is 0 Å². The van der Waals surface area contributed by atoms with Crippen LogP contribution in [0.4, 0.5) is 13.2 Å². The van der Waals surface area contributed by atoms with Crippen LogP contribution in [0.3, 0.4) is 0 Å². The first-order chi connectivity index (χ1) is 17.5. The summed E-state index contributed by atoms with van der Waals surface area (Å²) < 4.78 is 65.4. The molecule has 1 unspecified atom stereocenters. The van der Waals surface area contributed by atoms with Gasteiger partial charge < -0.3 is 14.6 Å². The standard InChI is InChI=1S/C26H24F3N3O4S/c1-26(9-10-37(34,35)15-26)31-24(33)17-5-7-20-21(16-3-2-4-19(11-16)36-25(28)29)14-32(22(20)12-17)23-8-6-18(27)13-30-23/h2-8,11-14,25,34-35H,9-10,15H2,1H3,(H,31,33). The molecule has 5 rings (SSSR count). The summed E-state index contributed by atoms with van der Waals surface area (Å²) in [5, 5.41) is 3.63. The zero-order valence-corrected chi connectivity index (χ0v) is 20.5. The van der Waals surface area contributed by atoms with E-state index in [0.717, 1.165) is 6.20 Å². The Bertz CT molecular complexity index is 1480. The first-order valence-corrected chi connectivity index (χ1v) is 13.3. The van der Waals surface area contributed by atoms with Crippen molar-refractivity contribution in [1.82, 2.24) is 14.9 Å². The molecule has 0 spiro atoms. The zero-order valence-electron chi connectivity index (χ0n) is 19.7. The molecular formula is C26H24F3N3O4S. The van der Waals surface area contributed by atoms with Crippen molar-refractivity contribution in [2.75, 3.05) is 11.5 Å². The van der Waals surface area contributed by atoms with Crippen molar-refractivity contribution in [1.29, 1.82) is 0 Å². The molecule has 1 fully saturated rings. The molecule has 37 heavy (non-hydrogen) atoms. The van der Waals surface area contributed by atoms with E-state index in [1.54, 1.807) is 48.0 Å². The van der Waals surface area contributed by atoms with Gasteiger partial charge in [0.05, 0.1) is 23.0 Å². The van der Waals surface area contributed by atoms with Gasteiger partial charge in [0, 0.05) is 28.5 Å². The molecule has 1 saturated heterocycles. The van der Waals surface area contributed by atoms with E-state index in [1.807, 2.05) is 0 Å². The Labute approximate surface area is 212 Å². The number of ether oxygens (including phenoxy) is 1. The highest BCUT2D eigenvalue weighted by atomic mass is 32.3. The number of benzene rings is 2. The van der Waals surface area contributed by atoms with E-state index in [0.29, 0.717) is 39.8 Å². The maximum Gasteiger partial charge on any atom is 0.387 e. The maximum absolute atomic E-state index is 13.6. The van der Waals surface area contributed by atoms with E-state index in [1.165, 1.54) is 24.3 Å². The van der Waals surface area contributed by atoms with E-state index >= 15 is 0 Å². The molecule has 1 aliphatic heterocycles. The van der Waals surface area contributed by atoms with E-state index in [2.05, 4.69) is 15.0 Å². The zero-order chi connectivity index (χ0) is 26.4. The van der Waals surface area contributed by atoms with Crippen molar-refractivity contribution in [3.05, 3.63) is 78.4 Å². The predicted molar refractivity (Wildman–Crippen MR) is 136 cm³/mol.